The van der Waals surface area contributed by atoms with E-state index < -0.39 is 5.60 Å². The number of carbonyl (C=O) groups excluding carboxylic acids is 1. The first kappa shape index (κ1) is 14.7. The molecule has 0 aliphatic rings. The first-order chi connectivity index (χ1) is 9.28. The zero-order valence-electron chi connectivity index (χ0n) is 12.0. The number of likely N-dealkylation sites (N-methyl/N-ethyl adjacent to an activating group) is 1. The lowest BCUT2D eigenvalue weighted by molar-refractivity contribution is 0.0365. The van der Waals surface area contributed by atoms with E-state index in [9.17, 15) is 9.90 Å². The van der Waals surface area contributed by atoms with Crippen molar-refractivity contribution in [2.24, 2.45) is 0 Å². The Balaban J connectivity index is 2.23. The van der Waals surface area contributed by atoms with Crippen LogP contribution < -0.4 is 0 Å². The van der Waals surface area contributed by atoms with Crippen LogP contribution in [0.1, 0.15) is 29.2 Å². The van der Waals surface area contributed by atoms with E-state index in [4.69, 9.17) is 4.42 Å². The molecule has 5 nitrogen and oxygen atoms in total. The topological polar surface area (TPSA) is 66.6 Å². The molecule has 2 heterocycles. The number of amides is 1. The largest absolute Gasteiger partial charge is 0.462 e. The van der Waals surface area contributed by atoms with Crippen molar-refractivity contribution in [3.8, 4) is 10.8 Å². The molecule has 108 valence electrons. The molecule has 2 rings (SSSR count). The fourth-order valence-electron chi connectivity index (χ4n) is 1.93. The molecule has 0 unspecified atom stereocenters. The van der Waals surface area contributed by atoms with E-state index in [2.05, 4.69) is 4.98 Å². The third-order valence-corrected chi connectivity index (χ3v) is 3.69. The predicted molar refractivity (Wildman–Crippen MR) is 77.8 cm³/mol. The fraction of sp³-hybridized carbons (Fsp3) is 0.429. The van der Waals surface area contributed by atoms with Crippen LogP contribution in [0.4, 0.5) is 0 Å². The number of carbonyl (C=O) groups is 1. The van der Waals surface area contributed by atoms with Crippen LogP contribution in [-0.2, 0) is 0 Å². The van der Waals surface area contributed by atoms with Crippen LogP contribution in [0, 0.1) is 6.92 Å². The van der Waals surface area contributed by atoms with Gasteiger partial charge in [0.1, 0.15) is 5.69 Å². The molecule has 6 heteroatoms. The zero-order chi connectivity index (χ0) is 14.9. The summed E-state index contributed by atoms with van der Waals surface area (Å²) in [5.41, 5.74) is -0.522. The van der Waals surface area contributed by atoms with Crippen molar-refractivity contribution in [3.63, 3.8) is 0 Å². The van der Waals surface area contributed by atoms with Crippen molar-refractivity contribution < 1.29 is 14.3 Å². The van der Waals surface area contributed by atoms with Crippen LogP contribution in [0.3, 0.4) is 0 Å². The van der Waals surface area contributed by atoms with Gasteiger partial charge in [0.25, 0.3) is 5.91 Å². The molecule has 2 aromatic rings. The molecule has 1 N–H and O–H groups in total. The van der Waals surface area contributed by atoms with Gasteiger partial charge in [-0.05, 0) is 32.9 Å². The molecule has 20 heavy (non-hydrogen) atoms. The van der Waals surface area contributed by atoms with Crippen LogP contribution in [0.2, 0.25) is 0 Å². The van der Waals surface area contributed by atoms with Crippen LogP contribution >= 0.6 is 11.3 Å². The fourth-order valence-corrected chi connectivity index (χ4v) is 2.81. The molecule has 0 bridgehead atoms. The Hall–Kier alpha value is -1.66. The van der Waals surface area contributed by atoms with E-state index in [0.717, 1.165) is 4.88 Å². The van der Waals surface area contributed by atoms with Gasteiger partial charge in [-0.3, -0.25) is 4.79 Å². The van der Waals surface area contributed by atoms with Gasteiger partial charge < -0.3 is 14.4 Å². The maximum atomic E-state index is 12.4. The zero-order valence-corrected chi connectivity index (χ0v) is 12.8. The molecule has 0 saturated heterocycles. The van der Waals surface area contributed by atoms with Crippen molar-refractivity contribution in [2.45, 2.75) is 26.4 Å². The maximum Gasteiger partial charge on any atom is 0.273 e. The average Bonchev–Trinajstić information content (AvgIpc) is 2.94. The molecule has 0 aliphatic carbocycles. The number of thiazole rings is 1. The summed E-state index contributed by atoms with van der Waals surface area (Å²) in [6.45, 7) is 5.44. The van der Waals surface area contributed by atoms with Gasteiger partial charge >= 0.3 is 0 Å². The van der Waals surface area contributed by atoms with E-state index in [0.29, 0.717) is 16.5 Å². The van der Waals surface area contributed by atoms with Crippen LogP contribution in [0.15, 0.2) is 22.8 Å². The molecule has 0 radical (unpaired) electrons. The Morgan fingerprint density at radius 3 is 2.80 bits per heavy atom. The highest BCUT2D eigenvalue weighted by molar-refractivity contribution is 7.15. The summed E-state index contributed by atoms with van der Waals surface area (Å²) in [5, 5.41) is 10.5. The summed E-state index contributed by atoms with van der Waals surface area (Å²) in [6, 6.07) is 3.60. The number of hydrogen-bond acceptors (Lipinski definition) is 5. The minimum atomic E-state index is -0.932. The third-order valence-electron chi connectivity index (χ3n) is 2.70. The Morgan fingerprint density at radius 1 is 1.55 bits per heavy atom. The maximum absolute atomic E-state index is 12.4. The highest BCUT2D eigenvalue weighted by Crippen LogP contribution is 2.28. The Morgan fingerprint density at radius 2 is 2.25 bits per heavy atom. The standard InChI is InChI=1S/C14H18N2O3S/c1-9-11(13(17)16(4)8-14(2,3)18)15-12(20-9)10-6-5-7-19-10/h5-7,18H,8H2,1-4H3. The molecule has 2 aromatic heterocycles. The second-order valence-corrected chi connectivity index (χ2v) is 6.58. The van der Waals surface area contributed by atoms with E-state index in [1.54, 1.807) is 33.2 Å². The minimum Gasteiger partial charge on any atom is -0.462 e. The first-order valence-electron chi connectivity index (χ1n) is 6.27. The van der Waals surface area contributed by atoms with Crippen molar-refractivity contribution in [2.75, 3.05) is 13.6 Å². The minimum absolute atomic E-state index is 0.196. The highest BCUT2D eigenvalue weighted by Gasteiger charge is 2.24. The van der Waals surface area contributed by atoms with Crippen molar-refractivity contribution in [1.82, 2.24) is 9.88 Å². The molecule has 0 fully saturated rings. The Kier molecular flexibility index (Phi) is 3.96. The second kappa shape index (κ2) is 5.38. The summed E-state index contributed by atoms with van der Waals surface area (Å²) >= 11 is 1.42. The van der Waals surface area contributed by atoms with E-state index in [1.165, 1.54) is 16.2 Å². The Bertz CT molecular complexity index is 596. The summed E-state index contributed by atoms with van der Waals surface area (Å²) < 4.78 is 5.29. The van der Waals surface area contributed by atoms with Crippen molar-refractivity contribution in [1.29, 1.82) is 0 Å². The van der Waals surface area contributed by atoms with Gasteiger partial charge in [0, 0.05) is 18.5 Å². The molecule has 0 spiro atoms. The molecule has 0 saturated carbocycles. The van der Waals surface area contributed by atoms with Crippen LogP contribution in [0.25, 0.3) is 10.8 Å². The normalized spacial score (nSPS) is 11.7. The van der Waals surface area contributed by atoms with Gasteiger partial charge in [-0.1, -0.05) is 0 Å². The summed E-state index contributed by atoms with van der Waals surface area (Å²) in [4.78, 5) is 19.0. The third kappa shape index (κ3) is 3.26. The SMILES string of the molecule is Cc1sc(-c2ccco2)nc1C(=O)N(C)CC(C)(C)O. The lowest BCUT2D eigenvalue weighted by atomic mass is 10.1. The number of nitrogens with zero attached hydrogens (tertiary/aromatic N) is 2. The number of rotatable bonds is 4. The Labute approximate surface area is 121 Å². The van der Waals surface area contributed by atoms with Gasteiger partial charge in [0.2, 0.25) is 0 Å². The van der Waals surface area contributed by atoms with Crippen molar-refractivity contribution in [3.05, 3.63) is 29.0 Å². The summed E-state index contributed by atoms with van der Waals surface area (Å²) in [7, 11) is 1.66. The van der Waals surface area contributed by atoms with Crippen LogP contribution in [-0.4, -0.2) is 40.1 Å². The van der Waals surface area contributed by atoms with Gasteiger partial charge in [-0.25, -0.2) is 4.98 Å². The van der Waals surface area contributed by atoms with Crippen molar-refractivity contribution >= 4 is 17.2 Å². The molecule has 0 aliphatic heterocycles. The molecule has 0 atom stereocenters. The summed E-state index contributed by atoms with van der Waals surface area (Å²) in [5.74, 6) is 0.459. The molecular formula is C14H18N2O3S. The highest BCUT2D eigenvalue weighted by atomic mass is 32.1. The first-order valence-corrected chi connectivity index (χ1v) is 7.09. The summed E-state index contributed by atoms with van der Waals surface area (Å²) in [6.07, 6.45) is 1.58. The van der Waals surface area contributed by atoms with Gasteiger partial charge in [-0.15, -0.1) is 11.3 Å². The van der Waals surface area contributed by atoms with Gasteiger partial charge in [0.05, 0.1) is 11.9 Å². The lowest BCUT2D eigenvalue weighted by Crippen LogP contribution is -2.40. The number of aryl methyl sites for hydroxylation is 1. The van der Waals surface area contributed by atoms with Gasteiger partial charge in [0.15, 0.2) is 10.8 Å². The average molecular weight is 294 g/mol. The predicted octanol–water partition coefficient (Wildman–Crippen LogP) is 2.55. The van der Waals surface area contributed by atoms with E-state index in [1.807, 2.05) is 13.0 Å². The van der Waals surface area contributed by atoms with Crippen LogP contribution in [0.5, 0.6) is 0 Å². The second-order valence-electron chi connectivity index (χ2n) is 5.37. The number of furan rings is 1. The van der Waals surface area contributed by atoms with Gasteiger partial charge in [-0.2, -0.15) is 0 Å². The molecule has 0 aromatic carbocycles. The molecule has 1 amide bonds. The number of aliphatic hydroxyl groups is 1. The lowest BCUT2D eigenvalue weighted by Gasteiger charge is -2.25. The van der Waals surface area contributed by atoms with E-state index >= 15 is 0 Å². The quantitative estimate of drug-likeness (QED) is 0.941. The number of hydrogen-bond donors (Lipinski definition) is 1. The van der Waals surface area contributed by atoms with E-state index in [-0.39, 0.29) is 12.5 Å². The smallest absolute Gasteiger partial charge is 0.273 e. The monoisotopic (exact) mass is 294 g/mol. The molecular weight excluding hydrogens is 276 g/mol. The number of aromatic nitrogens is 1.